The van der Waals surface area contributed by atoms with Crippen molar-refractivity contribution in [3.8, 4) is 0 Å². The van der Waals surface area contributed by atoms with E-state index in [9.17, 15) is 0 Å². The Labute approximate surface area is 95.3 Å². The first kappa shape index (κ1) is 12.4. The number of methoxy groups -OCH3 is 1. The van der Waals surface area contributed by atoms with Crippen molar-refractivity contribution in [1.82, 2.24) is 9.88 Å². The SMILES string of the molecule is COCCN(C)CCNc1nc(C)cs1. The number of nitrogens with one attached hydrogen (secondary N) is 1. The minimum atomic E-state index is 0.785. The lowest BCUT2D eigenvalue weighted by Crippen LogP contribution is -2.28. The smallest absolute Gasteiger partial charge is 0.182 e. The maximum Gasteiger partial charge on any atom is 0.182 e. The predicted octanol–water partition coefficient (Wildman–Crippen LogP) is 1.44. The van der Waals surface area contributed by atoms with Crippen LogP contribution < -0.4 is 5.32 Å². The van der Waals surface area contributed by atoms with Gasteiger partial charge >= 0.3 is 0 Å². The van der Waals surface area contributed by atoms with Crippen LogP contribution in [0.5, 0.6) is 0 Å². The van der Waals surface area contributed by atoms with Crippen molar-refractivity contribution in [1.29, 1.82) is 0 Å². The molecule has 0 radical (unpaired) electrons. The molecule has 1 heterocycles. The molecule has 15 heavy (non-hydrogen) atoms. The summed E-state index contributed by atoms with van der Waals surface area (Å²) in [6.45, 7) is 5.68. The summed E-state index contributed by atoms with van der Waals surface area (Å²) in [5, 5.41) is 6.36. The summed E-state index contributed by atoms with van der Waals surface area (Å²) in [7, 11) is 3.82. The summed E-state index contributed by atoms with van der Waals surface area (Å²) in [6.07, 6.45) is 0. The van der Waals surface area contributed by atoms with Gasteiger partial charge < -0.3 is 15.0 Å². The van der Waals surface area contributed by atoms with Gasteiger partial charge in [-0.3, -0.25) is 0 Å². The largest absolute Gasteiger partial charge is 0.383 e. The Bertz CT molecular complexity index is 277. The lowest BCUT2D eigenvalue weighted by atomic mass is 10.5. The molecule has 86 valence electrons. The van der Waals surface area contributed by atoms with Gasteiger partial charge in [0.1, 0.15) is 0 Å². The molecule has 1 N–H and O–H groups in total. The molecule has 0 aliphatic rings. The van der Waals surface area contributed by atoms with E-state index in [2.05, 4.69) is 27.6 Å². The highest BCUT2D eigenvalue weighted by Crippen LogP contribution is 2.13. The Morgan fingerprint density at radius 2 is 2.33 bits per heavy atom. The normalized spacial score (nSPS) is 10.9. The monoisotopic (exact) mass is 229 g/mol. The van der Waals surface area contributed by atoms with Crippen LogP contribution in [0.3, 0.4) is 0 Å². The summed E-state index contributed by atoms with van der Waals surface area (Å²) in [5.41, 5.74) is 1.08. The number of nitrogens with zero attached hydrogens (tertiary/aromatic N) is 2. The molecule has 4 nitrogen and oxygen atoms in total. The number of hydrogen-bond donors (Lipinski definition) is 1. The highest BCUT2D eigenvalue weighted by molar-refractivity contribution is 7.13. The van der Waals surface area contributed by atoms with Gasteiger partial charge in [-0.25, -0.2) is 4.98 Å². The highest BCUT2D eigenvalue weighted by Gasteiger charge is 1.99. The van der Waals surface area contributed by atoms with Gasteiger partial charge in [-0.05, 0) is 14.0 Å². The Kier molecular flexibility index (Phi) is 5.60. The number of anilines is 1. The van der Waals surface area contributed by atoms with Crippen LogP contribution in [-0.2, 0) is 4.74 Å². The van der Waals surface area contributed by atoms with E-state index in [1.165, 1.54) is 0 Å². The van der Waals surface area contributed by atoms with Crippen LogP contribution in [0.25, 0.3) is 0 Å². The van der Waals surface area contributed by atoms with E-state index < -0.39 is 0 Å². The second-order valence-corrected chi connectivity index (χ2v) is 4.37. The fourth-order valence-corrected chi connectivity index (χ4v) is 1.86. The van der Waals surface area contributed by atoms with Crippen LogP contribution in [0.4, 0.5) is 5.13 Å². The van der Waals surface area contributed by atoms with E-state index in [1.807, 2.05) is 6.92 Å². The van der Waals surface area contributed by atoms with Gasteiger partial charge in [0.05, 0.1) is 12.3 Å². The van der Waals surface area contributed by atoms with Gasteiger partial charge in [0.2, 0.25) is 0 Å². The average Bonchev–Trinajstić information content (AvgIpc) is 2.61. The summed E-state index contributed by atoms with van der Waals surface area (Å²) >= 11 is 1.65. The van der Waals surface area contributed by atoms with Crippen molar-refractivity contribution in [2.24, 2.45) is 0 Å². The van der Waals surface area contributed by atoms with Crippen molar-refractivity contribution in [3.05, 3.63) is 11.1 Å². The molecule has 1 aromatic heterocycles. The Hall–Kier alpha value is -0.650. The number of hydrogen-bond acceptors (Lipinski definition) is 5. The molecule has 0 amide bonds. The van der Waals surface area contributed by atoms with E-state index in [1.54, 1.807) is 18.4 Å². The topological polar surface area (TPSA) is 37.4 Å². The predicted molar refractivity (Wildman–Crippen MR) is 64.7 cm³/mol. The first-order valence-corrected chi connectivity index (χ1v) is 5.94. The van der Waals surface area contributed by atoms with Crippen molar-refractivity contribution in [2.75, 3.05) is 45.7 Å². The lowest BCUT2D eigenvalue weighted by Gasteiger charge is -2.15. The standard InChI is InChI=1S/C10H19N3OS/c1-9-8-15-10(12-9)11-4-5-13(2)6-7-14-3/h8H,4-7H2,1-3H3,(H,11,12). The number of ether oxygens (including phenoxy) is 1. The average molecular weight is 229 g/mol. The van der Waals surface area contributed by atoms with Gasteiger partial charge in [-0.15, -0.1) is 11.3 Å². The molecule has 0 atom stereocenters. The maximum absolute atomic E-state index is 5.01. The zero-order valence-electron chi connectivity index (χ0n) is 9.62. The number of rotatable bonds is 7. The van der Waals surface area contributed by atoms with Crippen molar-refractivity contribution in [3.63, 3.8) is 0 Å². The summed E-state index contributed by atoms with van der Waals surface area (Å²) in [4.78, 5) is 6.57. The molecule has 0 saturated carbocycles. The first-order valence-electron chi connectivity index (χ1n) is 5.06. The van der Waals surface area contributed by atoms with Crippen molar-refractivity contribution >= 4 is 16.5 Å². The minimum absolute atomic E-state index is 0.785. The van der Waals surface area contributed by atoms with Crippen LogP contribution in [0.15, 0.2) is 5.38 Å². The molecule has 1 aromatic rings. The third-order valence-electron chi connectivity index (χ3n) is 2.07. The fraction of sp³-hybridized carbons (Fsp3) is 0.700. The second kappa shape index (κ2) is 6.76. The number of aromatic nitrogens is 1. The van der Waals surface area contributed by atoms with E-state index in [0.717, 1.165) is 37.1 Å². The Morgan fingerprint density at radius 3 is 2.93 bits per heavy atom. The maximum atomic E-state index is 5.01. The molecule has 0 unspecified atom stereocenters. The van der Waals surface area contributed by atoms with Gasteiger partial charge in [0, 0.05) is 32.1 Å². The van der Waals surface area contributed by atoms with E-state index in [-0.39, 0.29) is 0 Å². The van der Waals surface area contributed by atoms with E-state index in [4.69, 9.17) is 4.74 Å². The van der Waals surface area contributed by atoms with Crippen LogP contribution in [0.1, 0.15) is 5.69 Å². The number of thiazole rings is 1. The Morgan fingerprint density at radius 1 is 1.53 bits per heavy atom. The molecule has 0 bridgehead atoms. The van der Waals surface area contributed by atoms with Gasteiger partial charge in [-0.1, -0.05) is 0 Å². The quantitative estimate of drug-likeness (QED) is 0.768. The molecule has 0 aromatic carbocycles. The molecule has 0 saturated heterocycles. The van der Waals surface area contributed by atoms with Crippen LogP contribution >= 0.6 is 11.3 Å². The second-order valence-electron chi connectivity index (χ2n) is 3.52. The Balaban J connectivity index is 2.10. The third-order valence-corrected chi connectivity index (χ3v) is 2.98. The fourth-order valence-electron chi connectivity index (χ4n) is 1.15. The van der Waals surface area contributed by atoms with Gasteiger partial charge in [-0.2, -0.15) is 0 Å². The molecule has 0 aliphatic heterocycles. The summed E-state index contributed by atoms with van der Waals surface area (Å²) in [5.74, 6) is 0. The summed E-state index contributed by atoms with van der Waals surface area (Å²) < 4.78 is 5.01. The molecular formula is C10H19N3OS. The third kappa shape index (κ3) is 5.11. The zero-order valence-corrected chi connectivity index (χ0v) is 10.4. The molecule has 0 fully saturated rings. The van der Waals surface area contributed by atoms with Gasteiger partial charge in [0.15, 0.2) is 5.13 Å². The van der Waals surface area contributed by atoms with Gasteiger partial charge in [0.25, 0.3) is 0 Å². The first-order chi connectivity index (χ1) is 7.22. The van der Waals surface area contributed by atoms with Crippen LogP contribution in [-0.4, -0.2) is 50.3 Å². The molecule has 0 aliphatic carbocycles. The molecular weight excluding hydrogens is 210 g/mol. The van der Waals surface area contributed by atoms with E-state index >= 15 is 0 Å². The number of likely N-dealkylation sites (N-methyl/N-ethyl adjacent to an activating group) is 1. The zero-order chi connectivity index (χ0) is 11.1. The minimum Gasteiger partial charge on any atom is -0.383 e. The van der Waals surface area contributed by atoms with Crippen molar-refractivity contribution in [2.45, 2.75) is 6.92 Å². The van der Waals surface area contributed by atoms with E-state index in [0.29, 0.717) is 0 Å². The molecule has 0 spiro atoms. The molecule has 1 rings (SSSR count). The highest BCUT2D eigenvalue weighted by atomic mass is 32.1. The summed E-state index contributed by atoms with van der Waals surface area (Å²) in [6, 6.07) is 0. The van der Waals surface area contributed by atoms with Crippen molar-refractivity contribution < 1.29 is 4.74 Å². The lowest BCUT2D eigenvalue weighted by molar-refractivity contribution is 0.163. The van der Waals surface area contributed by atoms with Crippen LogP contribution in [0, 0.1) is 6.92 Å². The number of aryl methyl sites for hydroxylation is 1. The van der Waals surface area contributed by atoms with Crippen LogP contribution in [0.2, 0.25) is 0 Å². The molecule has 5 heteroatoms.